The second kappa shape index (κ2) is 8.87. The Morgan fingerprint density at radius 1 is 1.16 bits per heavy atom. The maximum absolute atomic E-state index is 12.1. The number of para-hydroxylation sites is 1. The van der Waals surface area contributed by atoms with Crippen molar-refractivity contribution in [3.8, 4) is 5.75 Å². The Morgan fingerprint density at radius 3 is 2.64 bits per heavy atom. The van der Waals surface area contributed by atoms with Gasteiger partial charge in [0.15, 0.2) is 0 Å². The second-order valence-corrected chi connectivity index (χ2v) is 5.95. The number of carbonyl (C=O) groups excluding carboxylic acids is 1. The first kappa shape index (κ1) is 18.5. The summed E-state index contributed by atoms with van der Waals surface area (Å²) < 4.78 is 5.34. The number of hydrogen-bond donors (Lipinski definition) is 2. The van der Waals surface area contributed by atoms with Gasteiger partial charge >= 0.3 is 5.97 Å². The van der Waals surface area contributed by atoms with Crippen molar-refractivity contribution in [2.45, 2.75) is 25.7 Å². The van der Waals surface area contributed by atoms with Gasteiger partial charge in [0.1, 0.15) is 5.75 Å². The average Bonchev–Trinajstić information content (AvgIpc) is 2.61. The Balaban J connectivity index is 1.84. The SMILES string of the molecule is COc1ccccc1C(C)CC(=O)NCCc1cccc(C(=O)O)c1. The van der Waals surface area contributed by atoms with Gasteiger partial charge < -0.3 is 15.2 Å². The largest absolute Gasteiger partial charge is 0.496 e. The Labute approximate surface area is 147 Å². The van der Waals surface area contributed by atoms with Gasteiger partial charge in [-0.05, 0) is 41.7 Å². The van der Waals surface area contributed by atoms with Gasteiger partial charge in [0.05, 0.1) is 12.7 Å². The van der Waals surface area contributed by atoms with Gasteiger partial charge in [-0.1, -0.05) is 37.3 Å². The highest BCUT2D eigenvalue weighted by Gasteiger charge is 2.14. The minimum atomic E-state index is -0.948. The first-order valence-electron chi connectivity index (χ1n) is 8.23. The molecule has 2 aromatic rings. The molecule has 0 radical (unpaired) electrons. The smallest absolute Gasteiger partial charge is 0.335 e. The lowest BCUT2D eigenvalue weighted by Crippen LogP contribution is -2.26. The molecule has 0 spiro atoms. The van der Waals surface area contributed by atoms with Crippen molar-refractivity contribution in [3.63, 3.8) is 0 Å². The molecular weight excluding hydrogens is 318 g/mol. The minimum absolute atomic E-state index is 0.0344. The number of nitrogens with one attached hydrogen (secondary N) is 1. The lowest BCUT2D eigenvalue weighted by Gasteiger charge is -2.15. The van der Waals surface area contributed by atoms with Crippen LogP contribution < -0.4 is 10.1 Å². The molecule has 1 amide bonds. The van der Waals surface area contributed by atoms with E-state index in [0.717, 1.165) is 16.9 Å². The van der Waals surface area contributed by atoms with Gasteiger partial charge in [0.2, 0.25) is 5.91 Å². The highest BCUT2D eigenvalue weighted by Crippen LogP contribution is 2.28. The van der Waals surface area contributed by atoms with Gasteiger partial charge in [-0.2, -0.15) is 0 Å². The number of benzene rings is 2. The van der Waals surface area contributed by atoms with Crippen molar-refractivity contribution < 1.29 is 19.4 Å². The van der Waals surface area contributed by atoms with E-state index in [-0.39, 0.29) is 17.4 Å². The van der Waals surface area contributed by atoms with E-state index < -0.39 is 5.97 Å². The zero-order chi connectivity index (χ0) is 18.2. The fourth-order valence-electron chi connectivity index (χ4n) is 2.74. The average molecular weight is 341 g/mol. The van der Waals surface area contributed by atoms with E-state index >= 15 is 0 Å². The molecule has 0 bridgehead atoms. The topological polar surface area (TPSA) is 75.6 Å². The summed E-state index contributed by atoms with van der Waals surface area (Å²) in [5.74, 6) is -0.149. The van der Waals surface area contributed by atoms with E-state index in [9.17, 15) is 9.59 Å². The highest BCUT2D eigenvalue weighted by molar-refractivity contribution is 5.87. The standard InChI is InChI=1S/C20H23NO4/c1-14(17-8-3-4-9-18(17)25-2)12-19(22)21-11-10-15-6-5-7-16(13-15)20(23)24/h3-9,13-14H,10-12H2,1-2H3,(H,21,22)(H,23,24). The zero-order valence-corrected chi connectivity index (χ0v) is 14.5. The summed E-state index contributed by atoms with van der Waals surface area (Å²) in [4.78, 5) is 23.1. The van der Waals surface area contributed by atoms with Crippen LogP contribution in [0.3, 0.4) is 0 Å². The quantitative estimate of drug-likeness (QED) is 0.773. The fourth-order valence-corrected chi connectivity index (χ4v) is 2.74. The van der Waals surface area contributed by atoms with Gasteiger partial charge in [-0.15, -0.1) is 0 Å². The number of carboxylic acid groups (broad SMARTS) is 1. The number of aromatic carboxylic acids is 1. The van der Waals surface area contributed by atoms with Gasteiger partial charge in [-0.25, -0.2) is 4.79 Å². The van der Waals surface area contributed by atoms with Crippen LogP contribution in [0.15, 0.2) is 48.5 Å². The molecule has 0 fully saturated rings. The first-order chi connectivity index (χ1) is 12.0. The summed E-state index contributed by atoms with van der Waals surface area (Å²) in [5.41, 5.74) is 2.15. The van der Waals surface area contributed by atoms with Gasteiger partial charge in [0, 0.05) is 13.0 Å². The van der Waals surface area contributed by atoms with Gasteiger partial charge in [0.25, 0.3) is 0 Å². The maximum Gasteiger partial charge on any atom is 0.335 e. The van der Waals surface area contributed by atoms with E-state index in [1.165, 1.54) is 0 Å². The van der Waals surface area contributed by atoms with E-state index in [0.29, 0.717) is 19.4 Å². The molecule has 25 heavy (non-hydrogen) atoms. The lowest BCUT2D eigenvalue weighted by atomic mass is 9.96. The predicted molar refractivity (Wildman–Crippen MR) is 96.1 cm³/mol. The summed E-state index contributed by atoms with van der Waals surface area (Å²) in [7, 11) is 1.62. The van der Waals surface area contributed by atoms with E-state index in [2.05, 4.69) is 5.32 Å². The van der Waals surface area contributed by atoms with Crippen LogP contribution in [0.5, 0.6) is 5.75 Å². The van der Waals surface area contributed by atoms with E-state index in [1.54, 1.807) is 25.3 Å². The number of hydrogen-bond acceptors (Lipinski definition) is 3. The van der Waals surface area contributed by atoms with E-state index in [4.69, 9.17) is 9.84 Å². The predicted octanol–water partition coefficient (Wildman–Crippen LogP) is 3.25. The highest BCUT2D eigenvalue weighted by atomic mass is 16.5. The Morgan fingerprint density at radius 2 is 1.92 bits per heavy atom. The molecule has 2 rings (SSSR count). The molecule has 2 N–H and O–H groups in total. The van der Waals surface area contributed by atoms with Crippen LogP contribution in [0.4, 0.5) is 0 Å². The van der Waals surface area contributed by atoms with Crippen LogP contribution in [0, 0.1) is 0 Å². The molecule has 0 aliphatic rings. The summed E-state index contributed by atoms with van der Waals surface area (Å²) in [6, 6.07) is 14.4. The van der Waals surface area contributed by atoms with Crippen LogP contribution in [0.1, 0.15) is 40.7 Å². The summed E-state index contributed by atoms with van der Waals surface area (Å²) in [6.45, 7) is 2.47. The molecule has 0 heterocycles. The molecule has 0 aliphatic heterocycles. The van der Waals surface area contributed by atoms with Crippen LogP contribution in [-0.4, -0.2) is 30.6 Å². The third-order valence-electron chi connectivity index (χ3n) is 4.07. The molecule has 132 valence electrons. The fraction of sp³-hybridized carbons (Fsp3) is 0.300. The van der Waals surface area contributed by atoms with Crippen molar-refractivity contribution in [2.75, 3.05) is 13.7 Å². The normalized spacial score (nSPS) is 11.6. The van der Waals surface area contributed by atoms with Gasteiger partial charge in [-0.3, -0.25) is 4.79 Å². The number of rotatable bonds is 8. The monoisotopic (exact) mass is 341 g/mol. The first-order valence-corrected chi connectivity index (χ1v) is 8.23. The molecule has 1 unspecified atom stereocenters. The van der Waals surface area contributed by atoms with Crippen LogP contribution >= 0.6 is 0 Å². The number of ether oxygens (including phenoxy) is 1. The molecule has 2 aromatic carbocycles. The summed E-state index contributed by atoms with van der Waals surface area (Å²) >= 11 is 0. The molecule has 5 heteroatoms. The Kier molecular flexibility index (Phi) is 6.57. The molecule has 0 saturated carbocycles. The van der Waals surface area contributed by atoms with Crippen molar-refractivity contribution in [1.29, 1.82) is 0 Å². The Hall–Kier alpha value is -2.82. The number of methoxy groups -OCH3 is 1. The molecule has 0 aromatic heterocycles. The third kappa shape index (κ3) is 5.35. The number of carboxylic acids is 1. The lowest BCUT2D eigenvalue weighted by molar-refractivity contribution is -0.121. The van der Waals surface area contributed by atoms with Crippen molar-refractivity contribution >= 4 is 11.9 Å². The molecule has 5 nitrogen and oxygen atoms in total. The number of amides is 1. The molecule has 0 aliphatic carbocycles. The third-order valence-corrected chi connectivity index (χ3v) is 4.07. The minimum Gasteiger partial charge on any atom is -0.496 e. The maximum atomic E-state index is 12.1. The molecule has 0 saturated heterocycles. The van der Waals surface area contributed by atoms with Crippen molar-refractivity contribution in [1.82, 2.24) is 5.32 Å². The summed E-state index contributed by atoms with van der Waals surface area (Å²) in [6.07, 6.45) is 0.964. The zero-order valence-electron chi connectivity index (χ0n) is 14.5. The number of carbonyl (C=O) groups is 2. The van der Waals surface area contributed by atoms with E-state index in [1.807, 2.05) is 37.3 Å². The van der Waals surface area contributed by atoms with Crippen molar-refractivity contribution in [2.24, 2.45) is 0 Å². The van der Waals surface area contributed by atoms with Crippen molar-refractivity contribution in [3.05, 3.63) is 65.2 Å². The Bertz CT molecular complexity index is 742. The second-order valence-electron chi connectivity index (χ2n) is 5.95. The van der Waals surface area contributed by atoms with Crippen LogP contribution in [0.2, 0.25) is 0 Å². The molecule has 1 atom stereocenters. The van der Waals surface area contributed by atoms with Crippen LogP contribution in [0.25, 0.3) is 0 Å². The summed E-state index contributed by atoms with van der Waals surface area (Å²) in [5, 5.41) is 11.9. The van der Waals surface area contributed by atoms with Crippen LogP contribution in [-0.2, 0) is 11.2 Å². The molecular formula is C20H23NO4.